The fraction of sp³-hybridized carbons (Fsp3) is 0.409. The Morgan fingerprint density at radius 1 is 0.774 bits per heavy atom. The van der Waals surface area contributed by atoms with Crippen molar-refractivity contribution in [2.24, 2.45) is 4.99 Å². The number of guanidine groups is 1. The molecule has 0 spiro atoms. The van der Waals surface area contributed by atoms with Crippen LogP contribution in [0.15, 0.2) is 35.3 Å². The monoisotopic (exact) mass is 545 g/mol. The molecule has 0 radical (unpaired) electrons. The molecule has 0 bridgehead atoms. The predicted octanol–water partition coefficient (Wildman–Crippen LogP) is 3.26. The maximum absolute atomic E-state index is 5.50. The van der Waals surface area contributed by atoms with Gasteiger partial charge in [-0.05, 0) is 24.1 Å². The van der Waals surface area contributed by atoms with E-state index in [4.69, 9.17) is 23.7 Å². The van der Waals surface area contributed by atoms with Crippen LogP contribution in [0.1, 0.15) is 11.1 Å². The van der Waals surface area contributed by atoms with E-state index in [2.05, 4.69) is 15.6 Å². The average Bonchev–Trinajstić information content (AvgIpc) is 2.80. The van der Waals surface area contributed by atoms with Gasteiger partial charge in [-0.1, -0.05) is 6.07 Å². The molecule has 0 fully saturated rings. The average molecular weight is 545 g/mol. The van der Waals surface area contributed by atoms with Crippen molar-refractivity contribution in [3.05, 3.63) is 41.5 Å². The van der Waals surface area contributed by atoms with Gasteiger partial charge in [-0.25, -0.2) is 0 Å². The lowest BCUT2D eigenvalue weighted by atomic mass is 10.1. The predicted molar refractivity (Wildman–Crippen MR) is 133 cm³/mol. The second-order valence-electron chi connectivity index (χ2n) is 6.30. The van der Waals surface area contributed by atoms with Crippen LogP contribution in [0, 0.1) is 0 Å². The highest BCUT2D eigenvalue weighted by Crippen LogP contribution is 2.34. The molecule has 31 heavy (non-hydrogen) atoms. The molecule has 2 aromatic rings. The van der Waals surface area contributed by atoms with Crippen molar-refractivity contribution in [2.75, 3.05) is 49.1 Å². The number of halogens is 1. The molecule has 0 aliphatic rings. The topological polar surface area (TPSA) is 82.6 Å². The normalized spacial score (nSPS) is 10.6. The van der Waals surface area contributed by atoms with E-state index in [1.807, 2.05) is 30.3 Å². The highest BCUT2D eigenvalue weighted by molar-refractivity contribution is 14.0. The maximum atomic E-state index is 5.50. The van der Waals surface area contributed by atoms with Gasteiger partial charge in [0.25, 0.3) is 0 Å². The minimum absolute atomic E-state index is 0. The van der Waals surface area contributed by atoms with Crippen LogP contribution in [0.3, 0.4) is 0 Å². The maximum Gasteiger partial charge on any atom is 0.191 e. The Labute approximate surface area is 201 Å². The van der Waals surface area contributed by atoms with Crippen LogP contribution < -0.4 is 34.3 Å². The lowest BCUT2D eigenvalue weighted by Crippen LogP contribution is -2.37. The van der Waals surface area contributed by atoms with Gasteiger partial charge in [0.05, 0.1) is 35.5 Å². The van der Waals surface area contributed by atoms with Crippen molar-refractivity contribution in [3.8, 4) is 28.7 Å². The molecule has 172 valence electrons. The second kappa shape index (κ2) is 13.7. The van der Waals surface area contributed by atoms with Gasteiger partial charge in [-0.2, -0.15) is 0 Å². The number of hydrogen-bond donors (Lipinski definition) is 2. The molecule has 0 unspecified atom stereocenters. The van der Waals surface area contributed by atoms with Crippen molar-refractivity contribution in [2.45, 2.75) is 13.0 Å². The van der Waals surface area contributed by atoms with Crippen molar-refractivity contribution >= 4 is 29.9 Å². The summed E-state index contributed by atoms with van der Waals surface area (Å²) in [7, 11) is 9.86. The van der Waals surface area contributed by atoms with E-state index < -0.39 is 0 Å². The molecule has 0 amide bonds. The number of hydrogen-bond acceptors (Lipinski definition) is 6. The van der Waals surface area contributed by atoms with E-state index in [1.165, 1.54) is 0 Å². The zero-order valence-electron chi connectivity index (χ0n) is 18.9. The number of aliphatic imine (C=N–C) groups is 1. The summed E-state index contributed by atoms with van der Waals surface area (Å²) < 4.78 is 26.9. The number of rotatable bonds is 10. The van der Waals surface area contributed by atoms with E-state index in [9.17, 15) is 0 Å². The third kappa shape index (κ3) is 7.27. The molecule has 2 rings (SSSR count). The molecule has 0 atom stereocenters. The summed E-state index contributed by atoms with van der Waals surface area (Å²) in [5.41, 5.74) is 2.01. The summed E-state index contributed by atoms with van der Waals surface area (Å²) in [4.78, 5) is 4.28. The first-order valence-electron chi connectivity index (χ1n) is 9.54. The van der Waals surface area contributed by atoms with Crippen LogP contribution in [0.5, 0.6) is 28.7 Å². The van der Waals surface area contributed by atoms with E-state index in [0.717, 1.165) is 22.6 Å². The fourth-order valence-corrected chi connectivity index (χ4v) is 3.03. The number of ether oxygens (including phenoxy) is 5. The zero-order chi connectivity index (χ0) is 21.9. The first-order valence-corrected chi connectivity index (χ1v) is 9.54. The molecule has 2 aromatic carbocycles. The summed E-state index contributed by atoms with van der Waals surface area (Å²) in [5, 5.41) is 6.61. The fourth-order valence-electron chi connectivity index (χ4n) is 3.03. The highest BCUT2D eigenvalue weighted by atomic mass is 127. The molecule has 0 aromatic heterocycles. The Balaban J connectivity index is 0.00000480. The Bertz CT molecular complexity index is 836. The van der Waals surface area contributed by atoms with Crippen LogP contribution in [-0.4, -0.2) is 55.1 Å². The van der Waals surface area contributed by atoms with Gasteiger partial charge in [0.2, 0.25) is 0 Å². The van der Waals surface area contributed by atoms with Crippen molar-refractivity contribution < 1.29 is 23.7 Å². The van der Waals surface area contributed by atoms with Gasteiger partial charge in [0.1, 0.15) is 17.2 Å². The molecule has 0 saturated heterocycles. The van der Waals surface area contributed by atoms with Gasteiger partial charge in [-0.3, -0.25) is 4.99 Å². The van der Waals surface area contributed by atoms with Crippen molar-refractivity contribution in [1.29, 1.82) is 0 Å². The van der Waals surface area contributed by atoms with E-state index in [-0.39, 0.29) is 24.0 Å². The summed E-state index contributed by atoms with van der Waals surface area (Å²) in [5.74, 6) is 4.22. The van der Waals surface area contributed by atoms with E-state index in [1.54, 1.807) is 42.6 Å². The van der Waals surface area contributed by atoms with Gasteiger partial charge in [0.15, 0.2) is 17.5 Å². The van der Waals surface area contributed by atoms with Crippen LogP contribution in [-0.2, 0) is 13.0 Å². The van der Waals surface area contributed by atoms with Crippen LogP contribution in [0.4, 0.5) is 0 Å². The third-order valence-electron chi connectivity index (χ3n) is 4.62. The van der Waals surface area contributed by atoms with Gasteiger partial charge in [0, 0.05) is 37.8 Å². The number of nitrogens with zero attached hydrogens (tertiary/aromatic N) is 1. The summed E-state index contributed by atoms with van der Waals surface area (Å²) >= 11 is 0. The second-order valence-corrected chi connectivity index (χ2v) is 6.30. The molecule has 0 heterocycles. The summed E-state index contributed by atoms with van der Waals surface area (Å²) in [6.07, 6.45) is 0.688. The molecule has 0 saturated carbocycles. The Morgan fingerprint density at radius 3 is 1.90 bits per heavy atom. The largest absolute Gasteiger partial charge is 0.496 e. The van der Waals surface area contributed by atoms with Gasteiger partial charge >= 0.3 is 0 Å². The number of benzene rings is 2. The van der Waals surface area contributed by atoms with Gasteiger partial charge in [-0.15, -0.1) is 24.0 Å². The van der Waals surface area contributed by atoms with Crippen molar-refractivity contribution in [1.82, 2.24) is 10.6 Å². The lowest BCUT2D eigenvalue weighted by molar-refractivity contribution is 0.354. The SMILES string of the molecule is CN=C(NCCc1c(OC)cc(OC)cc1OC)NCc1ccc(OC)c(OC)c1.I. The smallest absolute Gasteiger partial charge is 0.191 e. The quantitative estimate of drug-likeness (QED) is 0.270. The number of nitrogens with one attached hydrogen (secondary N) is 2. The van der Waals surface area contributed by atoms with Crippen LogP contribution in [0.2, 0.25) is 0 Å². The Kier molecular flexibility index (Phi) is 11.7. The zero-order valence-corrected chi connectivity index (χ0v) is 21.2. The van der Waals surface area contributed by atoms with Crippen LogP contribution in [0.25, 0.3) is 0 Å². The Hall–Kier alpha value is -2.56. The molecule has 0 aliphatic carbocycles. The first-order chi connectivity index (χ1) is 14.6. The molecule has 8 nitrogen and oxygen atoms in total. The molecular weight excluding hydrogens is 513 g/mol. The minimum atomic E-state index is 0. The standard InChI is InChI=1S/C22H31N3O5.HI/c1-23-22(25-14-15-7-8-18(27-3)21(11-15)30-6)24-10-9-17-19(28-4)12-16(26-2)13-20(17)29-5;/h7-8,11-13H,9-10,14H2,1-6H3,(H2,23,24,25);1H. The highest BCUT2D eigenvalue weighted by Gasteiger charge is 2.13. The minimum Gasteiger partial charge on any atom is -0.496 e. The third-order valence-corrected chi connectivity index (χ3v) is 4.62. The molecular formula is C22H32IN3O5. The first kappa shape index (κ1) is 26.5. The number of methoxy groups -OCH3 is 5. The van der Waals surface area contributed by atoms with Gasteiger partial charge < -0.3 is 34.3 Å². The lowest BCUT2D eigenvalue weighted by Gasteiger charge is -2.17. The molecule has 2 N–H and O–H groups in total. The molecule has 0 aliphatic heterocycles. The molecule has 9 heteroatoms. The summed E-state index contributed by atoms with van der Waals surface area (Å²) in [6.45, 7) is 1.24. The van der Waals surface area contributed by atoms with Crippen molar-refractivity contribution in [3.63, 3.8) is 0 Å². The van der Waals surface area contributed by atoms with Crippen LogP contribution >= 0.6 is 24.0 Å². The summed E-state index contributed by atoms with van der Waals surface area (Å²) in [6, 6.07) is 9.50. The van der Waals surface area contributed by atoms with E-state index >= 15 is 0 Å². The van der Waals surface area contributed by atoms with E-state index in [0.29, 0.717) is 42.7 Å². The Morgan fingerprint density at radius 2 is 1.39 bits per heavy atom.